The van der Waals surface area contributed by atoms with Crippen LogP contribution in [-0.4, -0.2) is 29.7 Å². The average Bonchev–Trinajstić information content (AvgIpc) is 1.83. The molecule has 48 valence electrons. The van der Waals surface area contributed by atoms with Crippen LogP contribution < -0.4 is 0 Å². The zero-order valence-corrected chi connectivity index (χ0v) is 4.33. The minimum Gasteiger partial charge on any atom is -0.392 e. The lowest BCUT2D eigenvalue weighted by Gasteiger charge is -2.08. The van der Waals surface area contributed by atoms with Crippen LogP contribution in [0.2, 0.25) is 0 Å². The van der Waals surface area contributed by atoms with Gasteiger partial charge in [0.05, 0.1) is 20.6 Å². The third kappa shape index (κ3) is 3.55. The zero-order valence-electron chi connectivity index (χ0n) is 9.33. The van der Waals surface area contributed by atoms with Gasteiger partial charge in [-0.05, 0) is 6.92 Å². The van der Waals surface area contributed by atoms with Crippen LogP contribution in [0, 0.1) is 4.91 Å². The normalized spacial score (nSPS) is 25.5. The number of hydrogen-bond acceptors (Lipinski definition) is 3. The predicted molar refractivity (Wildman–Crippen MR) is 30.1 cm³/mol. The molecule has 0 aliphatic rings. The fourth-order valence-corrected chi connectivity index (χ4v) is 0.201. The molecule has 0 saturated carbocycles. The van der Waals surface area contributed by atoms with Crippen molar-refractivity contribution >= 4 is 0 Å². The van der Waals surface area contributed by atoms with Gasteiger partial charge in [-0.2, -0.15) is 0 Å². The number of likely N-dealkylation sites (N-methyl/N-ethyl adjacent to an activating group) is 1. The van der Waals surface area contributed by atoms with Crippen molar-refractivity contribution in [2.24, 2.45) is 5.29 Å². The lowest BCUT2D eigenvalue weighted by atomic mass is 10.4. The van der Waals surface area contributed by atoms with Gasteiger partial charge >= 0.3 is 0 Å². The van der Waals surface area contributed by atoms with Crippen molar-refractivity contribution in [3.05, 3.63) is 4.91 Å². The van der Waals surface area contributed by atoms with Gasteiger partial charge in [0.1, 0.15) is 0 Å². The van der Waals surface area contributed by atoms with Gasteiger partial charge < -0.3 is 5.11 Å². The minimum absolute atomic E-state index is 0.273. The van der Waals surface area contributed by atoms with E-state index < -0.39 is 19.6 Å². The van der Waals surface area contributed by atoms with Crippen molar-refractivity contribution in [3.63, 3.8) is 0 Å². The Kier molecular flexibility index (Phi) is 0.973. The Balaban J connectivity index is 4.88. The van der Waals surface area contributed by atoms with Gasteiger partial charge in [-0.15, -0.1) is 4.91 Å². The zero-order chi connectivity index (χ0) is 10.9. The summed E-state index contributed by atoms with van der Waals surface area (Å²) in [6, 6.07) is 0. The fourth-order valence-electron chi connectivity index (χ4n) is 0.201. The third-order valence-corrected chi connectivity index (χ3v) is 0.391. The van der Waals surface area contributed by atoms with E-state index in [1.54, 1.807) is 0 Å². The van der Waals surface area contributed by atoms with E-state index in [-0.39, 0.29) is 5.01 Å². The summed E-state index contributed by atoms with van der Waals surface area (Å²) < 4.78 is 34.4. The number of rotatable bonds is 3. The molecule has 1 unspecified atom stereocenters. The van der Waals surface area contributed by atoms with E-state index in [0.717, 1.165) is 6.92 Å². The molecule has 4 heteroatoms. The molecule has 0 bridgehead atoms. The maximum Gasteiger partial charge on any atom is 0.0704 e. The van der Waals surface area contributed by atoms with Crippen molar-refractivity contribution in [1.29, 1.82) is 0 Å². The Bertz CT molecular complexity index is 191. The maximum absolute atomic E-state index is 10.1. The topological polar surface area (TPSA) is 52.9 Å². The predicted octanol–water partition coefficient (Wildman–Crippen LogP) is -0.0196. The Morgan fingerprint density at radius 2 is 2.88 bits per heavy atom. The molecule has 4 nitrogen and oxygen atoms in total. The van der Waals surface area contributed by atoms with Gasteiger partial charge in [0.25, 0.3) is 0 Å². The van der Waals surface area contributed by atoms with E-state index in [1.807, 2.05) is 5.29 Å². The van der Waals surface area contributed by atoms with Crippen LogP contribution in [-0.2, 0) is 0 Å². The summed E-state index contributed by atoms with van der Waals surface area (Å²) >= 11 is 0. The number of hydrogen-bond donors (Lipinski definition) is 1. The lowest BCUT2D eigenvalue weighted by molar-refractivity contribution is 0.143. The largest absolute Gasteiger partial charge is 0.392 e. The van der Waals surface area contributed by atoms with E-state index >= 15 is 0 Å². The molecule has 0 radical (unpaired) electrons. The Labute approximate surface area is 55.1 Å². The molecular formula is C4H10N2O2. The van der Waals surface area contributed by atoms with Crippen molar-refractivity contribution in [1.82, 2.24) is 5.01 Å². The van der Waals surface area contributed by atoms with E-state index in [9.17, 15) is 4.91 Å². The first-order valence-electron chi connectivity index (χ1n) is 4.45. The molecule has 0 aromatic heterocycles. The van der Waals surface area contributed by atoms with E-state index in [2.05, 4.69) is 0 Å². The molecule has 0 heterocycles. The lowest BCUT2D eigenvalue weighted by Crippen LogP contribution is -2.21. The summed E-state index contributed by atoms with van der Waals surface area (Å²) in [6.07, 6.45) is -1.63. The Hall–Kier alpha value is -0.640. The van der Waals surface area contributed by atoms with E-state index in [1.165, 1.54) is 0 Å². The van der Waals surface area contributed by atoms with Gasteiger partial charge in [0, 0.05) is 11.1 Å². The summed E-state index contributed by atoms with van der Waals surface area (Å²) in [5.41, 5.74) is 0. The smallest absolute Gasteiger partial charge is 0.0704 e. The Morgan fingerprint density at radius 3 is 3.00 bits per heavy atom. The molecule has 0 saturated heterocycles. The average molecular weight is 123 g/mol. The molecule has 1 atom stereocenters. The SMILES string of the molecule is [2H]C([2H])([2H])N(N=O)C([2H])([2H])C(C)O. The van der Waals surface area contributed by atoms with Crippen molar-refractivity contribution in [2.45, 2.75) is 13.0 Å². The minimum atomic E-state index is -3.00. The maximum atomic E-state index is 10.1. The van der Waals surface area contributed by atoms with Gasteiger partial charge in [-0.25, -0.2) is 0 Å². The monoisotopic (exact) mass is 123 g/mol. The van der Waals surface area contributed by atoms with Crippen LogP contribution in [0.4, 0.5) is 0 Å². The second-order valence-electron chi connectivity index (χ2n) is 1.20. The fraction of sp³-hybridized carbons (Fsp3) is 1.00. The van der Waals surface area contributed by atoms with Gasteiger partial charge in [-0.1, -0.05) is 0 Å². The number of aliphatic hydroxyl groups excluding tert-OH is 1. The summed E-state index contributed by atoms with van der Waals surface area (Å²) in [6.45, 7) is -4.67. The van der Waals surface area contributed by atoms with Crippen LogP contribution in [0.3, 0.4) is 0 Å². The standard InChI is InChI=1S/C4H10N2O2/c1-4(7)3-6(2)5-8/h4,7H,3H2,1-2H3/i2D3,3D2. The van der Waals surface area contributed by atoms with Gasteiger partial charge in [-0.3, -0.25) is 5.01 Å². The van der Waals surface area contributed by atoms with Crippen LogP contribution in [0.5, 0.6) is 0 Å². The van der Waals surface area contributed by atoms with Crippen LogP contribution in [0.15, 0.2) is 5.29 Å². The molecule has 0 rings (SSSR count). The highest BCUT2D eigenvalue weighted by atomic mass is 16.3. The first-order valence-corrected chi connectivity index (χ1v) is 1.95. The van der Waals surface area contributed by atoms with Crippen molar-refractivity contribution in [3.8, 4) is 0 Å². The molecule has 0 aromatic carbocycles. The molecule has 0 fully saturated rings. The highest BCUT2D eigenvalue weighted by molar-refractivity contribution is 4.48. The summed E-state index contributed by atoms with van der Waals surface area (Å²) in [7, 11) is 0. The van der Waals surface area contributed by atoms with Gasteiger partial charge in [0.2, 0.25) is 0 Å². The first kappa shape index (κ1) is 2.31. The third-order valence-electron chi connectivity index (χ3n) is 0.391. The Morgan fingerprint density at radius 1 is 2.25 bits per heavy atom. The number of nitrogens with zero attached hydrogens (tertiary/aromatic N) is 2. The molecule has 0 aliphatic heterocycles. The van der Waals surface area contributed by atoms with Crippen molar-refractivity contribution < 1.29 is 12.0 Å². The molecule has 0 spiro atoms. The highest BCUT2D eigenvalue weighted by Gasteiger charge is 1.98. The van der Waals surface area contributed by atoms with Crippen molar-refractivity contribution in [2.75, 3.05) is 13.5 Å². The molecular weight excluding hydrogens is 108 g/mol. The summed E-state index contributed by atoms with van der Waals surface area (Å²) in [4.78, 5) is 10.1. The van der Waals surface area contributed by atoms with Crippen LogP contribution in [0.25, 0.3) is 0 Å². The number of nitroso groups, excluding NO2 is 1. The van der Waals surface area contributed by atoms with Crippen LogP contribution >= 0.6 is 0 Å². The van der Waals surface area contributed by atoms with E-state index in [0.29, 0.717) is 0 Å². The quantitative estimate of drug-likeness (QED) is 0.424. The molecule has 0 aliphatic carbocycles. The van der Waals surface area contributed by atoms with Gasteiger partial charge in [0.15, 0.2) is 0 Å². The second kappa shape index (κ2) is 3.37. The van der Waals surface area contributed by atoms with E-state index in [4.69, 9.17) is 12.0 Å². The second-order valence-corrected chi connectivity index (χ2v) is 1.20. The molecule has 1 N–H and O–H groups in total. The number of aliphatic hydroxyl groups is 1. The molecule has 8 heavy (non-hydrogen) atoms. The highest BCUT2D eigenvalue weighted by Crippen LogP contribution is 1.85. The summed E-state index contributed by atoms with van der Waals surface area (Å²) in [5, 5.41) is 10.6. The summed E-state index contributed by atoms with van der Waals surface area (Å²) in [5.74, 6) is 0. The van der Waals surface area contributed by atoms with Crippen LogP contribution in [0.1, 0.15) is 13.8 Å². The molecule has 0 amide bonds. The molecule has 0 aromatic rings. The first-order chi connectivity index (χ1) is 5.64.